The van der Waals surface area contributed by atoms with E-state index in [0.717, 1.165) is 6.54 Å². The van der Waals surface area contributed by atoms with Crippen molar-refractivity contribution in [2.75, 3.05) is 6.54 Å². The molecule has 0 radical (unpaired) electrons. The molecule has 0 aromatic heterocycles. The maximum atomic E-state index is 3.49. The second-order valence-corrected chi connectivity index (χ2v) is 1.21. The highest BCUT2D eigenvalue weighted by molar-refractivity contribution is 3.92. The summed E-state index contributed by atoms with van der Waals surface area (Å²) in [5.74, 6) is 0. The summed E-state index contributed by atoms with van der Waals surface area (Å²) in [7, 11) is 0. The molecule has 0 aromatic carbocycles. The molecule has 14 heavy (non-hydrogen) atoms. The molecule has 1 nitrogen and oxygen atoms in total. The fourth-order valence-electron chi connectivity index (χ4n) is 0. The molecule has 104 valence electrons. The predicted octanol–water partition coefficient (Wildman–Crippen LogP) is 5.75. The number of rotatable bonds is 0. The first kappa shape index (κ1) is 150. The average molecular weight is 219 g/mol. The van der Waals surface area contributed by atoms with Gasteiger partial charge in [0.1, 0.15) is 0 Å². The molecule has 3 N–H and O–H groups in total. The van der Waals surface area contributed by atoms with Gasteiger partial charge in [-0.15, -0.1) is 0 Å². The van der Waals surface area contributed by atoms with E-state index in [1.54, 1.807) is 0 Å². The zero-order valence-electron chi connectivity index (χ0n) is 5.12. The van der Waals surface area contributed by atoms with Crippen molar-refractivity contribution in [3.63, 3.8) is 0 Å². The van der Waals surface area contributed by atoms with Crippen molar-refractivity contribution >= 4 is 0 Å². The molecular weight excluding hydrogens is 170 g/mol. The Kier molecular flexibility index (Phi) is 5150. The van der Waals surface area contributed by atoms with Crippen LogP contribution in [0.1, 0.15) is 86.6 Å². The minimum atomic E-state index is 0. The quantitative estimate of drug-likeness (QED) is 0.536. The number of hydrogen-bond acceptors (Lipinski definition) is 0. The van der Waals surface area contributed by atoms with Crippen LogP contribution in [-0.4, -0.2) is 6.54 Å². The molecule has 0 heterocycles. The van der Waals surface area contributed by atoms with Crippen molar-refractivity contribution in [1.29, 1.82) is 0 Å². The summed E-state index contributed by atoms with van der Waals surface area (Å²) in [4.78, 5) is 0. The minimum absolute atomic E-state index is 0. The Balaban J connectivity index is -0.00000000182. The smallest absolute Gasteiger partial charge is 0.0711 e. The van der Waals surface area contributed by atoms with Crippen LogP contribution >= 0.6 is 0 Å². The van der Waals surface area contributed by atoms with Crippen molar-refractivity contribution in [2.45, 2.75) is 86.6 Å². The summed E-state index contributed by atoms with van der Waals surface area (Å²) in [6, 6.07) is 0. The summed E-state index contributed by atoms with van der Waals surface area (Å²) < 4.78 is 0. The Labute approximate surface area is 99.5 Å². The number of hydrogen-bond donors (Lipinski definition) is 1. The van der Waals surface area contributed by atoms with E-state index in [9.17, 15) is 0 Å². The molecular formula is C13H48N+. The van der Waals surface area contributed by atoms with Crippen LogP contribution < -0.4 is 5.73 Å². The largest absolute Gasteiger partial charge is 0.358 e. The van der Waals surface area contributed by atoms with E-state index >= 15 is 0 Å². The molecule has 0 bridgehead atoms. The summed E-state index contributed by atoms with van der Waals surface area (Å²) in [6.45, 7) is 7.26. The van der Waals surface area contributed by atoms with Crippen LogP contribution in [0.25, 0.3) is 0 Å². The lowest BCUT2D eigenvalue weighted by Crippen LogP contribution is -2.48. The zero-order chi connectivity index (χ0) is 5.41. The van der Waals surface area contributed by atoms with Gasteiger partial charge in [-0.25, -0.2) is 0 Å². The van der Waals surface area contributed by atoms with Crippen LogP contribution in [0.3, 0.4) is 0 Å². The van der Waals surface area contributed by atoms with Crippen molar-refractivity contribution in [2.24, 2.45) is 0 Å². The first-order chi connectivity index (χ1) is 2.83. The van der Waals surface area contributed by atoms with Crippen molar-refractivity contribution in [3.05, 3.63) is 0 Å². The first-order valence-electron chi connectivity index (χ1n) is 2.62. The van der Waals surface area contributed by atoms with Gasteiger partial charge in [0.15, 0.2) is 0 Å². The fourth-order valence-corrected chi connectivity index (χ4v) is 0. The maximum Gasteiger partial charge on any atom is 0.0711 e. The van der Waals surface area contributed by atoms with E-state index in [2.05, 4.69) is 19.6 Å². The summed E-state index contributed by atoms with van der Waals surface area (Å²) in [6.07, 6.45) is 1.25. The Bertz CT molecular complexity index is 7.20. The maximum absolute atomic E-state index is 3.49. The van der Waals surface area contributed by atoms with Gasteiger partial charge in [0, 0.05) is 0 Å². The monoisotopic (exact) mass is 218 g/mol. The molecule has 1 heteroatoms. The lowest BCUT2D eigenvalue weighted by Gasteiger charge is -1.49. The van der Waals surface area contributed by atoms with Gasteiger partial charge in [-0.1, -0.05) is 79.7 Å². The highest BCUT2D eigenvalue weighted by Crippen LogP contribution is 1.56. The fraction of sp³-hybridized carbons (Fsp3) is 1.00. The lowest BCUT2D eigenvalue weighted by molar-refractivity contribution is -0.361. The molecule has 0 spiro atoms. The van der Waals surface area contributed by atoms with Crippen molar-refractivity contribution in [3.8, 4) is 0 Å². The number of quaternary nitrogens is 1. The first-order valence-corrected chi connectivity index (χ1v) is 2.62. The van der Waals surface area contributed by atoms with Crippen molar-refractivity contribution in [1.82, 2.24) is 0 Å². The normalized spacial score (nSPS) is 2.57. The Morgan fingerprint density at radius 3 is 0.571 bits per heavy atom. The highest BCUT2D eigenvalue weighted by Gasteiger charge is 1.37. The third-order valence-electron chi connectivity index (χ3n) is 0. The van der Waals surface area contributed by atoms with Gasteiger partial charge in [0.05, 0.1) is 6.54 Å². The molecule has 0 aliphatic carbocycles. The second kappa shape index (κ2) is 483. The summed E-state index contributed by atoms with van der Waals surface area (Å²) >= 11 is 0. The molecule has 0 fully saturated rings. The molecule has 0 atom stereocenters. The third kappa shape index (κ3) is 898000. The standard InChI is InChI=1S/C3H8.C2H7N.8CH4/c1-3-2;1-2-3;;;;;;;;/h3H2,1-2H3;2-3H2,1H3;8*1H4/p+1. The van der Waals surface area contributed by atoms with Crippen LogP contribution in [0.15, 0.2) is 0 Å². The molecule has 0 aromatic rings. The molecule has 0 amide bonds. The average Bonchev–Trinajstić information content (AvgIpc) is 1.39. The van der Waals surface area contributed by atoms with Gasteiger partial charge in [0.2, 0.25) is 0 Å². The summed E-state index contributed by atoms with van der Waals surface area (Å²) in [5.41, 5.74) is 3.49. The molecule has 0 unspecified atom stereocenters. The zero-order valence-corrected chi connectivity index (χ0v) is 5.12. The van der Waals surface area contributed by atoms with Gasteiger partial charge >= 0.3 is 0 Å². The minimum Gasteiger partial charge on any atom is -0.358 e. The SMILES string of the molecule is C.C.C.C.C.C.C.C.CCC.CC[NH3+]. The van der Waals surface area contributed by atoms with Crippen LogP contribution in [0, 0.1) is 0 Å². The van der Waals surface area contributed by atoms with E-state index in [0.29, 0.717) is 0 Å². The van der Waals surface area contributed by atoms with E-state index < -0.39 is 0 Å². The van der Waals surface area contributed by atoms with Crippen LogP contribution in [-0.2, 0) is 0 Å². The van der Waals surface area contributed by atoms with E-state index in [1.165, 1.54) is 6.42 Å². The highest BCUT2D eigenvalue weighted by atomic mass is 14.5. The van der Waals surface area contributed by atoms with Gasteiger partial charge in [-0.05, 0) is 6.92 Å². The molecule has 0 saturated heterocycles. The van der Waals surface area contributed by atoms with E-state index in [-0.39, 0.29) is 59.4 Å². The molecule has 0 saturated carbocycles. The van der Waals surface area contributed by atoms with Gasteiger partial charge in [-0.2, -0.15) is 0 Å². The van der Waals surface area contributed by atoms with E-state index in [1.807, 2.05) is 6.92 Å². The molecule has 0 rings (SSSR count). The predicted molar refractivity (Wildman–Crippen MR) is 83.2 cm³/mol. The second-order valence-electron chi connectivity index (χ2n) is 1.21. The van der Waals surface area contributed by atoms with Crippen LogP contribution in [0.4, 0.5) is 0 Å². The van der Waals surface area contributed by atoms with Crippen molar-refractivity contribution < 1.29 is 5.73 Å². The Hall–Kier alpha value is -0.0400. The Morgan fingerprint density at radius 2 is 0.571 bits per heavy atom. The Morgan fingerprint density at radius 1 is 0.571 bits per heavy atom. The molecule has 0 aliphatic heterocycles. The molecule has 0 aliphatic rings. The van der Waals surface area contributed by atoms with Gasteiger partial charge in [-0.3, -0.25) is 0 Å². The summed E-state index contributed by atoms with van der Waals surface area (Å²) in [5, 5.41) is 0. The third-order valence-corrected chi connectivity index (χ3v) is 0. The van der Waals surface area contributed by atoms with Crippen LogP contribution in [0.2, 0.25) is 0 Å². The van der Waals surface area contributed by atoms with E-state index in [4.69, 9.17) is 0 Å². The lowest BCUT2D eigenvalue weighted by atomic mass is 10.6. The van der Waals surface area contributed by atoms with Crippen LogP contribution in [0.5, 0.6) is 0 Å². The van der Waals surface area contributed by atoms with Gasteiger partial charge < -0.3 is 5.73 Å². The van der Waals surface area contributed by atoms with Gasteiger partial charge in [0.25, 0.3) is 0 Å². The topological polar surface area (TPSA) is 27.6 Å².